The van der Waals surface area contributed by atoms with E-state index < -0.39 is 6.10 Å². The monoisotopic (exact) mass is 943 g/mol. The normalized spacial score (nSPS) is 12.1. The van der Waals surface area contributed by atoms with Crippen LogP contribution >= 0.6 is 0 Å². The molecule has 0 aromatic rings. The second kappa shape index (κ2) is 56.5. The van der Waals surface area contributed by atoms with E-state index >= 15 is 0 Å². The van der Waals surface area contributed by atoms with Crippen molar-refractivity contribution in [2.45, 2.75) is 335 Å². The van der Waals surface area contributed by atoms with E-state index in [1.165, 1.54) is 225 Å². The second-order valence-corrected chi connectivity index (χ2v) is 20.3. The highest BCUT2D eigenvalue weighted by Gasteiger charge is 2.19. The van der Waals surface area contributed by atoms with E-state index in [0.717, 1.165) is 64.2 Å². The van der Waals surface area contributed by atoms with Crippen molar-refractivity contribution in [1.29, 1.82) is 0 Å². The maximum absolute atomic E-state index is 12.9. The van der Waals surface area contributed by atoms with Crippen LogP contribution < -0.4 is 0 Å². The Kier molecular flexibility index (Phi) is 54.7. The quantitative estimate of drug-likeness (QED) is 0.0262. The van der Waals surface area contributed by atoms with Crippen LogP contribution in [0.15, 0.2) is 24.3 Å². The summed E-state index contributed by atoms with van der Waals surface area (Å²) in [4.78, 5) is 38.1. The van der Waals surface area contributed by atoms with Gasteiger partial charge >= 0.3 is 17.9 Å². The molecular formula is C61H114O6. The lowest BCUT2D eigenvalue weighted by atomic mass is 10.0. The first-order chi connectivity index (χ1) is 33.0. The predicted octanol–water partition coefficient (Wildman–Crippen LogP) is 19.9. The first-order valence-corrected chi connectivity index (χ1v) is 29.8. The van der Waals surface area contributed by atoms with Crippen molar-refractivity contribution in [2.24, 2.45) is 0 Å². The number of hydrogen-bond donors (Lipinski definition) is 0. The zero-order valence-corrected chi connectivity index (χ0v) is 45.2. The Bertz CT molecular complexity index is 1080. The summed E-state index contributed by atoms with van der Waals surface area (Å²) >= 11 is 0. The summed E-state index contributed by atoms with van der Waals surface area (Å²) in [5, 5.41) is 0. The second-order valence-electron chi connectivity index (χ2n) is 20.3. The number of allylic oxidation sites excluding steroid dienone is 4. The largest absolute Gasteiger partial charge is 0.462 e. The van der Waals surface area contributed by atoms with Crippen LogP contribution in [0, 0.1) is 0 Å². The minimum Gasteiger partial charge on any atom is -0.462 e. The van der Waals surface area contributed by atoms with Gasteiger partial charge in [-0.3, -0.25) is 14.4 Å². The summed E-state index contributed by atoms with van der Waals surface area (Å²) in [5.74, 6) is -0.861. The van der Waals surface area contributed by atoms with Gasteiger partial charge in [-0.2, -0.15) is 0 Å². The third-order valence-electron chi connectivity index (χ3n) is 13.4. The number of rotatable bonds is 55. The third-order valence-corrected chi connectivity index (χ3v) is 13.4. The van der Waals surface area contributed by atoms with Crippen LogP contribution in [0.4, 0.5) is 0 Å². The average molecular weight is 944 g/mol. The van der Waals surface area contributed by atoms with Crippen molar-refractivity contribution < 1.29 is 28.6 Å². The van der Waals surface area contributed by atoms with E-state index in [1.54, 1.807) is 0 Å². The van der Waals surface area contributed by atoms with Crippen LogP contribution in [0.3, 0.4) is 0 Å². The molecule has 0 fully saturated rings. The molecule has 0 rings (SSSR count). The summed E-state index contributed by atoms with van der Waals surface area (Å²) in [6.07, 6.45) is 66.0. The van der Waals surface area contributed by atoms with Crippen LogP contribution in [-0.2, 0) is 28.6 Å². The Balaban J connectivity index is 4.27. The highest BCUT2D eigenvalue weighted by Crippen LogP contribution is 2.17. The molecule has 1 unspecified atom stereocenters. The third kappa shape index (κ3) is 54.7. The molecule has 0 aliphatic heterocycles. The van der Waals surface area contributed by atoms with Gasteiger partial charge in [-0.05, 0) is 64.2 Å². The summed E-state index contributed by atoms with van der Waals surface area (Å²) in [6.45, 7) is 6.64. The van der Waals surface area contributed by atoms with Crippen molar-refractivity contribution in [3.8, 4) is 0 Å². The summed E-state index contributed by atoms with van der Waals surface area (Å²) in [5.41, 5.74) is 0. The summed E-state index contributed by atoms with van der Waals surface area (Å²) < 4.78 is 16.9. The van der Waals surface area contributed by atoms with Crippen LogP contribution in [-0.4, -0.2) is 37.2 Å². The molecule has 1 atom stereocenters. The highest BCUT2D eigenvalue weighted by atomic mass is 16.6. The SMILES string of the molecule is CCCC/C=C\CCCCCCCC(=O)OCC(COC(=O)CCCCCCCCCCC/C=C\CCCCCCCC)OC(=O)CCCCCCCCCCCCCCCCCCCCC. The van der Waals surface area contributed by atoms with Crippen molar-refractivity contribution in [1.82, 2.24) is 0 Å². The fourth-order valence-electron chi connectivity index (χ4n) is 8.89. The zero-order valence-electron chi connectivity index (χ0n) is 45.2. The van der Waals surface area contributed by atoms with E-state index in [9.17, 15) is 14.4 Å². The molecule has 6 nitrogen and oxygen atoms in total. The number of unbranched alkanes of at least 4 members (excludes halogenated alkanes) is 40. The highest BCUT2D eigenvalue weighted by molar-refractivity contribution is 5.71. The number of hydrogen-bond acceptors (Lipinski definition) is 6. The minimum absolute atomic E-state index is 0.0706. The molecule has 0 saturated carbocycles. The molecule has 0 bridgehead atoms. The van der Waals surface area contributed by atoms with Crippen molar-refractivity contribution in [2.75, 3.05) is 13.2 Å². The van der Waals surface area contributed by atoms with E-state index in [2.05, 4.69) is 45.1 Å². The molecule has 0 radical (unpaired) electrons. The summed E-state index contributed by atoms with van der Waals surface area (Å²) in [6, 6.07) is 0. The molecule has 0 saturated heterocycles. The van der Waals surface area contributed by atoms with Gasteiger partial charge < -0.3 is 14.2 Å². The van der Waals surface area contributed by atoms with Gasteiger partial charge in [0, 0.05) is 19.3 Å². The molecular weight excluding hydrogens is 829 g/mol. The number of carbonyl (C=O) groups is 3. The zero-order chi connectivity index (χ0) is 48.6. The van der Waals surface area contributed by atoms with Gasteiger partial charge in [-0.25, -0.2) is 0 Å². The molecule has 0 aromatic heterocycles. The number of ether oxygens (including phenoxy) is 3. The van der Waals surface area contributed by atoms with E-state index in [1.807, 2.05) is 0 Å². The molecule has 0 amide bonds. The molecule has 0 aliphatic rings. The molecule has 394 valence electrons. The van der Waals surface area contributed by atoms with Gasteiger partial charge in [0.25, 0.3) is 0 Å². The average Bonchev–Trinajstić information content (AvgIpc) is 3.33. The van der Waals surface area contributed by atoms with E-state index in [0.29, 0.717) is 19.3 Å². The van der Waals surface area contributed by atoms with Crippen LogP contribution in [0.1, 0.15) is 329 Å². The molecule has 0 heterocycles. The van der Waals surface area contributed by atoms with Crippen LogP contribution in [0.2, 0.25) is 0 Å². The van der Waals surface area contributed by atoms with Crippen molar-refractivity contribution in [3.63, 3.8) is 0 Å². The van der Waals surface area contributed by atoms with Gasteiger partial charge in [-0.15, -0.1) is 0 Å². The van der Waals surface area contributed by atoms with Gasteiger partial charge in [0.05, 0.1) is 0 Å². The fraction of sp³-hybridized carbons (Fsp3) is 0.885. The Morgan fingerprint density at radius 3 is 0.791 bits per heavy atom. The lowest BCUT2D eigenvalue weighted by Crippen LogP contribution is -2.30. The fourth-order valence-corrected chi connectivity index (χ4v) is 8.89. The Labute approximate surface area is 417 Å². The minimum atomic E-state index is -0.771. The van der Waals surface area contributed by atoms with Crippen molar-refractivity contribution >= 4 is 17.9 Å². The molecule has 0 aliphatic carbocycles. The Morgan fingerprint density at radius 1 is 0.284 bits per heavy atom. The Hall–Kier alpha value is -2.11. The summed E-state index contributed by atoms with van der Waals surface area (Å²) in [7, 11) is 0. The topological polar surface area (TPSA) is 78.9 Å². The van der Waals surface area contributed by atoms with Crippen LogP contribution in [0.25, 0.3) is 0 Å². The van der Waals surface area contributed by atoms with E-state index in [-0.39, 0.29) is 31.1 Å². The van der Waals surface area contributed by atoms with Gasteiger partial charge in [-0.1, -0.05) is 270 Å². The smallest absolute Gasteiger partial charge is 0.306 e. The molecule has 0 N–H and O–H groups in total. The van der Waals surface area contributed by atoms with Gasteiger partial charge in [0.1, 0.15) is 13.2 Å². The first-order valence-electron chi connectivity index (χ1n) is 29.8. The predicted molar refractivity (Wildman–Crippen MR) is 289 cm³/mol. The number of carbonyl (C=O) groups excluding carboxylic acids is 3. The van der Waals surface area contributed by atoms with Gasteiger partial charge in [0.2, 0.25) is 0 Å². The maximum Gasteiger partial charge on any atom is 0.306 e. The Morgan fingerprint density at radius 2 is 0.507 bits per heavy atom. The van der Waals surface area contributed by atoms with Gasteiger partial charge in [0.15, 0.2) is 6.10 Å². The lowest BCUT2D eigenvalue weighted by Gasteiger charge is -2.18. The van der Waals surface area contributed by atoms with E-state index in [4.69, 9.17) is 14.2 Å². The molecule has 6 heteroatoms. The first kappa shape index (κ1) is 64.9. The number of esters is 3. The molecule has 0 aromatic carbocycles. The van der Waals surface area contributed by atoms with Crippen LogP contribution in [0.5, 0.6) is 0 Å². The maximum atomic E-state index is 12.9. The standard InChI is InChI=1S/C61H114O6/c1-4-7-10-13-16-19-22-24-26-28-30-32-34-36-39-42-45-48-51-54-60(63)66-57-58(56-65-59(62)53-50-47-44-41-38-21-18-15-12-9-6-3)67-61(64)55-52-49-46-43-40-37-35-33-31-29-27-25-23-20-17-14-11-8-5-2/h15,18,24,26,58H,4-14,16-17,19-23,25,27-57H2,1-3H3/b18-15-,26-24-. The van der Waals surface area contributed by atoms with Crippen molar-refractivity contribution in [3.05, 3.63) is 24.3 Å². The molecule has 0 spiro atoms. The molecule has 67 heavy (non-hydrogen) atoms. The lowest BCUT2D eigenvalue weighted by molar-refractivity contribution is -0.167.